The van der Waals surface area contributed by atoms with Gasteiger partial charge in [0.2, 0.25) is 0 Å². The van der Waals surface area contributed by atoms with E-state index < -0.39 is 0 Å². The van der Waals surface area contributed by atoms with Crippen LogP contribution < -0.4 is 10.2 Å². The van der Waals surface area contributed by atoms with Crippen molar-refractivity contribution in [3.05, 3.63) is 29.8 Å². The van der Waals surface area contributed by atoms with Gasteiger partial charge in [0, 0.05) is 30.9 Å². The molecule has 2 N–H and O–H groups in total. The number of rotatable bonds is 2. The van der Waals surface area contributed by atoms with E-state index in [1.165, 1.54) is 11.3 Å². The van der Waals surface area contributed by atoms with Gasteiger partial charge >= 0.3 is 0 Å². The van der Waals surface area contributed by atoms with Gasteiger partial charge in [0.1, 0.15) is 0 Å². The number of hydrogen-bond donors (Lipinski definition) is 2. The minimum Gasteiger partial charge on any atom is -0.395 e. The molecule has 1 aromatic carbocycles. The number of aliphatic hydroxyl groups excluding tert-OH is 1. The molecule has 1 aliphatic rings. The van der Waals surface area contributed by atoms with Crippen LogP contribution in [0.4, 0.5) is 5.69 Å². The fourth-order valence-electron chi connectivity index (χ4n) is 2.75. The Hall–Kier alpha value is -1.06. The molecule has 1 fully saturated rings. The zero-order valence-corrected chi connectivity index (χ0v) is 12.5. The van der Waals surface area contributed by atoms with E-state index >= 15 is 0 Å². The molecule has 1 heterocycles. The third kappa shape index (κ3) is 3.10. The molecule has 1 aromatic rings. The zero-order valence-electron chi connectivity index (χ0n) is 12.5. The summed E-state index contributed by atoms with van der Waals surface area (Å²) < 4.78 is 0. The van der Waals surface area contributed by atoms with Gasteiger partial charge in [0.25, 0.3) is 0 Å². The Kier molecular flexibility index (Phi) is 4.16. The predicted molar refractivity (Wildman–Crippen MR) is 80.8 cm³/mol. The molecule has 2 unspecified atom stereocenters. The first kappa shape index (κ1) is 14.4. The number of hydrogen-bond acceptors (Lipinski definition) is 3. The van der Waals surface area contributed by atoms with Crippen LogP contribution in [-0.4, -0.2) is 36.9 Å². The first-order chi connectivity index (χ1) is 8.93. The van der Waals surface area contributed by atoms with Crippen LogP contribution in [0.3, 0.4) is 0 Å². The molecule has 3 nitrogen and oxygen atoms in total. The Morgan fingerprint density at radius 1 is 1.32 bits per heavy atom. The fourth-order valence-corrected chi connectivity index (χ4v) is 2.75. The first-order valence-electron chi connectivity index (χ1n) is 7.14. The maximum absolute atomic E-state index is 9.38. The Morgan fingerprint density at radius 3 is 2.63 bits per heavy atom. The maximum Gasteiger partial charge on any atom is 0.0601 e. The summed E-state index contributed by atoms with van der Waals surface area (Å²) in [6.45, 7) is 11.0. The van der Waals surface area contributed by atoms with Gasteiger partial charge in [-0.3, -0.25) is 0 Å². The van der Waals surface area contributed by atoms with E-state index in [9.17, 15) is 5.11 Å². The minimum atomic E-state index is 0.135. The highest BCUT2D eigenvalue weighted by molar-refractivity contribution is 5.57. The van der Waals surface area contributed by atoms with Gasteiger partial charge in [-0.1, -0.05) is 39.0 Å². The van der Waals surface area contributed by atoms with Gasteiger partial charge in [0.15, 0.2) is 0 Å². The Labute approximate surface area is 116 Å². The fraction of sp³-hybridized carbons (Fsp3) is 0.625. The van der Waals surface area contributed by atoms with Crippen molar-refractivity contribution in [3.8, 4) is 0 Å². The van der Waals surface area contributed by atoms with Crippen molar-refractivity contribution in [2.75, 3.05) is 24.6 Å². The molecule has 0 spiro atoms. The van der Waals surface area contributed by atoms with E-state index in [0.717, 1.165) is 13.1 Å². The van der Waals surface area contributed by atoms with Crippen molar-refractivity contribution in [1.29, 1.82) is 0 Å². The molecule has 0 amide bonds. The van der Waals surface area contributed by atoms with Crippen LogP contribution in [0.2, 0.25) is 0 Å². The summed E-state index contributed by atoms with van der Waals surface area (Å²) in [5.41, 5.74) is 2.82. The van der Waals surface area contributed by atoms with E-state index in [1.807, 2.05) is 0 Å². The van der Waals surface area contributed by atoms with Crippen molar-refractivity contribution in [2.45, 2.75) is 45.2 Å². The molecule has 0 radical (unpaired) electrons. The normalized spacial score (nSPS) is 24.6. The largest absolute Gasteiger partial charge is 0.395 e. The average molecular weight is 262 g/mol. The molecule has 3 heteroatoms. The van der Waals surface area contributed by atoms with Gasteiger partial charge in [-0.25, -0.2) is 0 Å². The number of piperazine rings is 1. The van der Waals surface area contributed by atoms with Crippen molar-refractivity contribution in [2.24, 2.45) is 0 Å². The molecule has 2 atom stereocenters. The van der Waals surface area contributed by atoms with Crippen LogP contribution in [0.1, 0.15) is 33.3 Å². The van der Waals surface area contributed by atoms with E-state index in [-0.39, 0.29) is 18.1 Å². The van der Waals surface area contributed by atoms with Gasteiger partial charge in [0.05, 0.1) is 6.61 Å². The highest BCUT2D eigenvalue weighted by Gasteiger charge is 2.28. The van der Waals surface area contributed by atoms with Crippen LogP contribution in [-0.2, 0) is 5.41 Å². The number of aliphatic hydroxyl groups is 1. The molecule has 19 heavy (non-hydrogen) atoms. The van der Waals surface area contributed by atoms with Crippen molar-refractivity contribution >= 4 is 5.69 Å². The standard InChI is InChI=1S/C16H26N2O/c1-12-9-17-13(11-19)10-18(12)15-8-6-5-7-14(15)16(2,3)4/h5-8,12-13,17,19H,9-11H2,1-4H3. The third-order valence-corrected chi connectivity index (χ3v) is 3.89. The second-order valence-electron chi connectivity index (χ2n) is 6.56. The molecule has 2 rings (SSSR count). The van der Waals surface area contributed by atoms with Gasteiger partial charge < -0.3 is 15.3 Å². The Balaban J connectivity index is 2.35. The number of benzene rings is 1. The quantitative estimate of drug-likeness (QED) is 0.857. The molecular weight excluding hydrogens is 236 g/mol. The summed E-state index contributed by atoms with van der Waals surface area (Å²) in [6.07, 6.45) is 0. The van der Waals surface area contributed by atoms with Gasteiger partial charge in [-0.15, -0.1) is 0 Å². The summed E-state index contributed by atoms with van der Waals surface area (Å²) in [6, 6.07) is 9.26. The lowest BCUT2D eigenvalue weighted by atomic mass is 9.85. The SMILES string of the molecule is CC1CNC(CO)CN1c1ccccc1C(C)(C)C. The Bertz CT molecular complexity index is 425. The number of para-hydroxylation sites is 1. The van der Waals surface area contributed by atoms with E-state index in [4.69, 9.17) is 0 Å². The number of nitrogens with one attached hydrogen (secondary N) is 1. The lowest BCUT2D eigenvalue weighted by Gasteiger charge is -2.42. The monoisotopic (exact) mass is 262 g/mol. The number of nitrogens with zero attached hydrogens (tertiary/aromatic N) is 1. The maximum atomic E-state index is 9.38. The summed E-state index contributed by atoms with van der Waals surface area (Å²) in [5.74, 6) is 0. The average Bonchev–Trinajstić information content (AvgIpc) is 2.38. The van der Waals surface area contributed by atoms with Gasteiger partial charge in [-0.2, -0.15) is 0 Å². The van der Waals surface area contributed by atoms with Gasteiger partial charge in [-0.05, 0) is 24.0 Å². The third-order valence-electron chi connectivity index (χ3n) is 3.89. The van der Waals surface area contributed by atoms with Crippen LogP contribution in [0.5, 0.6) is 0 Å². The molecule has 0 aliphatic carbocycles. The highest BCUT2D eigenvalue weighted by atomic mass is 16.3. The predicted octanol–water partition coefficient (Wildman–Crippen LogP) is 2.14. The minimum absolute atomic E-state index is 0.135. The summed E-state index contributed by atoms with van der Waals surface area (Å²) >= 11 is 0. The topological polar surface area (TPSA) is 35.5 Å². The Morgan fingerprint density at radius 2 is 2.00 bits per heavy atom. The van der Waals surface area contributed by atoms with E-state index in [1.54, 1.807) is 0 Å². The number of anilines is 1. The second-order valence-corrected chi connectivity index (χ2v) is 6.56. The summed E-state index contributed by atoms with van der Waals surface area (Å²) in [5, 5.41) is 12.8. The zero-order chi connectivity index (χ0) is 14.0. The van der Waals surface area contributed by atoms with Crippen LogP contribution in [0.15, 0.2) is 24.3 Å². The summed E-state index contributed by atoms with van der Waals surface area (Å²) in [4.78, 5) is 2.43. The van der Waals surface area contributed by atoms with E-state index in [2.05, 4.69) is 62.2 Å². The van der Waals surface area contributed by atoms with E-state index in [0.29, 0.717) is 6.04 Å². The molecule has 0 saturated carbocycles. The highest BCUT2D eigenvalue weighted by Crippen LogP contribution is 2.33. The van der Waals surface area contributed by atoms with Crippen LogP contribution in [0, 0.1) is 0 Å². The molecule has 1 saturated heterocycles. The van der Waals surface area contributed by atoms with Crippen molar-refractivity contribution in [1.82, 2.24) is 5.32 Å². The molecule has 0 bridgehead atoms. The van der Waals surface area contributed by atoms with Crippen molar-refractivity contribution in [3.63, 3.8) is 0 Å². The first-order valence-corrected chi connectivity index (χ1v) is 7.14. The molecular formula is C16H26N2O. The summed E-state index contributed by atoms with van der Waals surface area (Å²) in [7, 11) is 0. The molecule has 106 valence electrons. The lowest BCUT2D eigenvalue weighted by molar-refractivity contribution is 0.227. The molecule has 0 aromatic heterocycles. The van der Waals surface area contributed by atoms with Crippen LogP contribution in [0.25, 0.3) is 0 Å². The molecule has 1 aliphatic heterocycles. The second kappa shape index (κ2) is 5.51. The lowest BCUT2D eigenvalue weighted by Crippen LogP contribution is -2.57. The van der Waals surface area contributed by atoms with Crippen LogP contribution >= 0.6 is 0 Å². The van der Waals surface area contributed by atoms with Crippen molar-refractivity contribution < 1.29 is 5.11 Å². The smallest absolute Gasteiger partial charge is 0.0601 e.